The second-order valence-electron chi connectivity index (χ2n) is 2.69. The summed E-state index contributed by atoms with van der Waals surface area (Å²) in [5, 5.41) is 2.45. The van der Waals surface area contributed by atoms with Gasteiger partial charge in [0.1, 0.15) is 9.39 Å². The zero-order valence-corrected chi connectivity index (χ0v) is 9.52. The summed E-state index contributed by atoms with van der Waals surface area (Å²) in [5.74, 6) is 0.170. The van der Waals surface area contributed by atoms with Gasteiger partial charge in [0.2, 0.25) is 0 Å². The van der Waals surface area contributed by atoms with E-state index in [1.54, 1.807) is 22.6 Å². The Kier molecular flexibility index (Phi) is 3.94. The van der Waals surface area contributed by atoms with Crippen LogP contribution in [0.25, 0.3) is 0 Å². The fraction of sp³-hybridized carbons (Fsp3) is 0.429. The minimum absolute atomic E-state index is 0.170. The molecule has 4 nitrogen and oxygen atoms in total. The molecule has 0 saturated carbocycles. The molecule has 15 heavy (non-hydrogen) atoms. The van der Waals surface area contributed by atoms with Crippen LogP contribution in [0.3, 0.4) is 0 Å². The monoisotopic (exact) mass is 333 g/mol. The summed E-state index contributed by atoms with van der Waals surface area (Å²) in [4.78, 5) is 17.1. The topological polar surface area (TPSA) is 57.8 Å². The number of halogens is 4. The van der Waals surface area contributed by atoms with Crippen molar-refractivity contribution >= 4 is 28.4 Å². The van der Waals surface area contributed by atoms with Crippen molar-refractivity contribution in [3.63, 3.8) is 0 Å². The molecule has 1 aromatic rings. The summed E-state index contributed by atoms with van der Waals surface area (Å²) in [7, 11) is 0. The van der Waals surface area contributed by atoms with Gasteiger partial charge in [-0.2, -0.15) is 13.2 Å². The number of alkyl halides is 3. The summed E-state index contributed by atoms with van der Waals surface area (Å²) in [5.41, 5.74) is -0.375. The van der Waals surface area contributed by atoms with Gasteiger partial charge in [0.25, 0.3) is 5.56 Å². The van der Waals surface area contributed by atoms with E-state index in [9.17, 15) is 18.0 Å². The van der Waals surface area contributed by atoms with Crippen LogP contribution in [0.15, 0.2) is 11.1 Å². The molecule has 0 bridgehead atoms. The Morgan fingerprint density at radius 1 is 1.53 bits per heavy atom. The first-order valence-corrected chi connectivity index (χ1v) is 5.02. The molecule has 8 heteroatoms. The standard InChI is InChI=1S/C7H7F3IN3O/c8-7(9,10)1-2-12-5-4(11)6(15)14-3-13-5/h3H,1-2H2,(H2,12,13,14,15). The lowest BCUT2D eigenvalue weighted by molar-refractivity contribution is -0.131. The second-order valence-corrected chi connectivity index (χ2v) is 3.76. The van der Waals surface area contributed by atoms with Crippen molar-refractivity contribution in [3.8, 4) is 0 Å². The second kappa shape index (κ2) is 4.81. The first-order chi connectivity index (χ1) is 6.90. The fourth-order valence-corrected chi connectivity index (χ4v) is 1.31. The van der Waals surface area contributed by atoms with Gasteiger partial charge in [-0.05, 0) is 22.6 Å². The Bertz CT molecular complexity index is 390. The highest BCUT2D eigenvalue weighted by molar-refractivity contribution is 14.1. The zero-order chi connectivity index (χ0) is 11.5. The van der Waals surface area contributed by atoms with Crippen molar-refractivity contribution in [2.24, 2.45) is 0 Å². The first kappa shape index (κ1) is 12.3. The van der Waals surface area contributed by atoms with E-state index >= 15 is 0 Å². The maximum absolute atomic E-state index is 11.8. The molecule has 0 saturated heterocycles. The summed E-state index contributed by atoms with van der Waals surface area (Å²) < 4.78 is 35.7. The van der Waals surface area contributed by atoms with Gasteiger partial charge in [-0.3, -0.25) is 4.79 Å². The van der Waals surface area contributed by atoms with Gasteiger partial charge in [-0.15, -0.1) is 0 Å². The number of nitrogens with one attached hydrogen (secondary N) is 2. The fourth-order valence-electron chi connectivity index (χ4n) is 0.829. The normalized spacial score (nSPS) is 11.5. The number of hydrogen-bond acceptors (Lipinski definition) is 3. The Morgan fingerprint density at radius 3 is 2.80 bits per heavy atom. The highest BCUT2D eigenvalue weighted by atomic mass is 127. The molecular weight excluding hydrogens is 326 g/mol. The lowest BCUT2D eigenvalue weighted by Gasteiger charge is -2.08. The van der Waals surface area contributed by atoms with Gasteiger partial charge in [0.05, 0.1) is 12.7 Å². The molecule has 0 aromatic carbocycles. The number of H-pyrrole nitrogens is 1. The van der Waals surface area contributed by atoms with Crippen LogP contribution in [-0.4, -0.2) is 22.7 Å². The third kappa shape index (κ3) is 4.06. The lowest BCUT2D eigenvalue weighted by Crippen LogP contribution is -2.19. The maximum Gasteiger partial charge on any atom is 0.390 e. The smallest absolute Gasteiger partial charge is 0.369 e. The summed E-state index contributed by atoms with van der Waals surface area (Å²) >= 11 is 1.72. The van der Waals surface area contributed by atoms with Crippen LogP contribution in [0.4, 0.5) is 19.0 Å². The first-order valence-electron chi connectivity index (χ1n) is 3.94. The number of aromatic amines is 1. The highest BCUT2D eigenvalue weighted by Gasteiger charge is 2.26. The van der Waals surface area contributed by atoms with Crippen LogP contribution in [0, 0.1) is 3.57 Å². The van der Waals surface area contributed by atoms with Crippen LogP contribution in [0.1, 0.15) is 6.42 Å². The molecule has 1 heterocycles. The van der Waals surface area contributed by atoms with Gasteiger partial charge >= 0.3 is 6.18 Å². The van der Waals surface area contributed by atoms with Crippen LogP contribution >= 0.6 is 22.6 Å². The molecule has 1 rings (SSSR count). The number of hydrogen-bond donors (Lipinski definition) is 2. The molecule has 0 aliphatic carbocycles. The van der Waals surface area contributed by atoms with Crippen LogP contribution in [0.2, 0.25) is 0 Å². The van der Waals surface area contributed by atoms with Crippen LogP contribution in [-0.2, 0) is 0 Å². The lowest BCUT2D eigenvalue weighted by atomic mass is 10.4. The molecule has 0 aliphatic heterocycles. The van der Waals surface area contributed by atoms with Gasteiger partial charge < -0.3 is 10.3 Å². The van der Waals surface area contributed by atoms with Gasteiger partial charge in [0.15, 0.2) is 0 Å². The van der Waals surface area contributed by atoms with Crippen molar-refractivity contribution in [2.45, 2.75) is 12.6 Å². The minimum Gasteiger partial charge on any atom is -0.369 e. The van der Waals surface area contributed by atoms with Gasteiger partial charge in [-0.25, -0.2) is 4.98 Å². The quantitative estimate of drug-likeness (QED) is 0.829. The van der Waals surface area contributed by atoms with Crippen molar-refractivity contribution in [1.29, 1.82) is 0 Å². The average Bonchev–Trinajstić information content (AvgIpc) is 2.10. The molecule has 0 amide bonds. The largest absolute Gasteiger partial charge is 0.390 e. The summed E-state index contributed by atoms with van der Waals surface area (Å²) in [6.45, 7) is -0.296. The van der Waals surface area contributed by atoms with Crippen LogP contribution in [0.5, 0.6) is 0 Å². The predicted molar refractivity (Wildman–Crippen MR) is 56.7 cm³/mol. The molecule has 84 valence electrons. The van der Waals surface area contributed by atoms with Crippen LogP contribution < -0.4 is 10.9 Å². The average molecular weight is 333 g/mol. The van der Waals surface area contributed by atoms with E-state index in [0.29, 0.717) is 0 Å². The summed E-state index contributed by atoms with van der Waals surface area (Å²) in [6, 6.07) is 0. The van der Waals surface area contributed by atoms with E-state index in [-0.39, 0.29) is 21.5 Å². The molecule has 2 N–H and O–H groups in total. The Labute approximate surface area is 96.4 Å². The highest BCUT2D eigenvalue weighted by Crippen LogP contribution is 2.19. The van der Waals surface area contributed by atoms with Gasteiger partial charge in [-0.1, -0.05) is 0 Å². The predicted octanol–water partition coefficient (Wildman–Crippen LogP) is 1.74. The molecule has 0 unspecified atom stereocenters. The molecule has 0 radical (unpaired) electrons. The van der Waals surface area contributed by atoms with E-state index in [2.05, 4.69) is 15.3 Å². The Balaban J connectivity index is 2.59. The van der Waals surface area contributed by atoms with Crippen molar-refractivity contribution in [2.75, 3.05) is 11.9 Å². The van der Waals surface area contributed by atoms with Crippen molar-refractivity contribution in [1.82, 2.24) is 9.97 Å². The molecule has 0 atom stereocenters. The molecule has 1 aromatic heterocycles. The number of nitrogens with zero attached hydrogens (tertiary/aromatic N) is 1. The van der Waals surface area contributed by atoms with Crippen molar-refractivity contribution < 1.29 is 13.2 Å². The number of rotatable bonds is 3. The molecule has 0 fully saturated rings. The van der Waals surface area contributed by atoms with E-state index in [1.165, 1.54) is 0 Å². The molecule has 0 aliphatic rings. The molecule has 0 spiro atoms. The van der Waals surface area contributed by atoms with E-state index in [1.807, 2.05) is 0 Å². The van der Waals surface area contributed by atoms with E-state index in [0.717, 1.165) is 6.33 Å². The van der Waals surface area contributed by atoms with Gasteiger partial charge in [0, 0.05) is 6.54 Å². The number of anilines is 1. The molecular formula is C7H7F3IN3O. The van der Waals surface area contributed by atoms with Crippen molar-refractivity contribution in [3.05, 3.63) is 20.3 Å². The number of aromatic nitrogens is 2. The minimum atomic E-state index is -4.21. The Hall–Kier alpha value is -0.800. The van der Waals surface area contributed by atoms with E-state index in [4.69, 9.17) is 0 Å². The summed E-state index contributed by atoms with van der Waals surface area (Å²) in [6.07, 6.45) is -4.03. The zero-order valence-electron chi connectivity index (χ0n) is 7.36. The Morgan fingerprint density at radius 2 is 2.20 bits per heavy atom. The van der Waals surface area contributed by atoms with E-state index < -0.39 is 12.6 Å². The SMILES string of the molecule is O=c1[nH]cnc(NCCC(F)(F)F)c1I. The third-order valence-electron chi connectivity index (χ3n) is 1.50. The maximum atomic E-state index is 11.8. The third-order valence-corrected chi connectivity index (χ3v) is 2.50.